The van der Waals surface area contributed by atoms with E-state index in [1.807, 2.05) is 30.3 Å². The number of hydrogen-bond acceptors (Lipinski definition) is 4. The highest BCUT2D eigenvalue weighted by molar-refractivity contribution is 7.92. The molecule has 1 atom stereocenters. The predicted octanol–water partition coefficient (Wildman–Crippen LogP) is 5.28. The first-order chi connectivity index (χ1) is 19.1. The maximum atomic E-state index is 13.8. The fourth-order valence-electron chi connectivity index (χ4n) is 4.13. The van der Waals surface area contributed by atoms with Crippen LogP contribution in [0, 0.1) is 0 Å². The van der Waals surface area contributed by atoms with Gasteiger partial charge in [-0.3, -0.25) is 13.9 Å². The van der Waals surface area contributed by atoms with Gasteiger partial charge in [-0.2, -0.15) is 13.2 Å². The van der Waals surface area contributed by atoms with Gasteiger partial charge in [0.2, 0.25) is 11.8 Å². The summed E-state index contributed by atoms with van der Waals surface area (Å²) in [5, 5.41) is 2.83. The van der Waals surface area contributed by atoms with Gasteiger partial charge in [-0.15, -0.1) is 0 Å². The molecule has 0 aliphatic rings. The third kappa shape index (κ3) is 8.56. The summed E-state index contributed by atoms with van der Waals surface area (Å²) in [5.74, 6) is -1.19. The molecule has 0 saturated heterocycles. The number of carbonyl (C=O) groups excluding carboxylic acids is 2. The first kappa shape index (κ1) is 31.7. The quantitative estimate of drug-likeness (QED) is 0.349. The van der Waals surface area contributed by atoms with E-state index < -0.39 is 51.7 Å². The average molecular weight is 590 g/mol. The molecule has 1 N–H and O–H groups in total. The van der Waals surface area contributed by atoms with Crippen LogP contribution in [0.1, 0.15) is 38.8 Å². The van der Waals surface area contributed by atoms with Crippen LogP contribution in [0.15, 0.2) is 89.8 Å². The highest BCUT2D eigenvalue weighted by Gasteiger charge is 2.35. The smallest absolute Gasteiger partial charge is 0.350 e. The van der Waals surface area contributed by atoms with Crippen LogP contribution in [-0.2, 0) is 32.2 Å². The highest BCUT2D eigenvalue weighted by Crippen LogP contribution is 2.33. The van der Waals surface area contributed by atoms with Crippen LogP contribution >= 0.6 is 0 Å². The summed E-state index contributed by atoms with van der Waals surface area (Å²) < 4.78 is 68.7. The SMILES string of the molecule is C[C@@H](C(=O)NC(C)(C)C)N(CCc1ccccc1)C(=O)CN(c1cccc(C(F)(F)F)c1)S(=O)(=O)c1ccccc1. The van der Waals surface area contributed by atoms with Crippen molar-refractivity contribution in [3.8, 4) is 0 Å². The molecule has 3 rings (SSSR count). The summed E-state index contributed by atoms with van der Waals surface area (Å²) >= 11 is 0. The molecule has 0 saturated carbocycles. The number of nitrogens with zero attached hydrogens (tertiary/aromatic N) is 2. The lowest BCUT2D eigenvalue weighted by Gasteiger charge is -2.33. The van der Waals surface area contributed by atoms with Crippen LogP contribution in [0.5, 0.6) is 0 Å². The minimum atomic E-state index is -4.73. The van der Waals surface area contributed by atoms with E-state index in [1.54, 1.807) is 26.8 Å². The number of benzene rings is 3. The lowest BCUT2D eigenvalue weighted by Crippen LogP contribution is -2.55. The van der Waals surface area contributed by atoms with E-state index in [1.165, 1.54) is 42.2 Å². The van der Waals surface area contributed by atoms with Crippen LogP contribution in [0.4, 0.5) is 18.9 Å². The Labute approximate surface area is 239 Å². The third-order valence-corrected chi connectivity index (χ3v) is 8.01. The lowest BCUT2D eigenvalue weighted by molar-refractivity contribution is -0.139. The number of nitrogens with one attached hydrogen (secondary N) is 1. The molecule has 0 heterocycles. The Hall–Kier alpha value is -3.86. The number of anilines is 1. The zero-order valence-electron chi connectivity index (χ0n) is 23.4. The van der Waals surface area contributed by atoms with Crippen molar-refractivity contribution in [1.82, 2.24) is 10.2 Å². The molecule has 0 radical (unpaired) electrons. The number of carbonyl (C=O) groups is 2. The minimum Gasteiger partial charge on any atom is -0.350 e. The van der Waals surface area contributed by atoms with Crippen molar-refractivity contribution in [2.75, 3.05) is 17.4 Å². The molecule has 0 aromatic heterocycles. The molecule has 0 fully saturated rings. The molecule has 0 spiro atoms. The summed E-state index contributed by atoms with van der Waals surface area (Å²) in [6, 6.07) is 19.2. The maximum Gasteiger partial charge on any atom is 0.416 e. The fraction of sp³-hybridized carbons (Fsp3) is 0.333. The summed E-state index contributed by atoms with van der Waals surface area (Å²) in [6.07, 6.45) is -4.36. The van der Waals surface area contributed by atoms with Gasteiger partial charge in [0, 0.05) is 12.1 Å². The number of sulfonamides is 1. The largest absolute Gasteiger partial charge is 0.416 e. The number of alkyl halides is 3. The van der Waals surface area contributed by atoms with Gasteiger partial charge in [0.25, 0.3) is 10.0 Å². The monoisotopic (exact) mass is 589 g/mol. The molecule has 41 heavy (non-hydrogen) atoms. The Bertz CT molecular complexity index is 1440. The summed E-state index contributed by atoms with van der Waals surface area (Å²) in [7, 11) is -4.47. The number of amides is 2. The van der Waals surface area contributed by atoms with Gasteiger partial charge in [0.05, 0.1) is 16.1 Å². The normalized spacial score (nSPS) is 12.9. The molecular formula is C30H34F3N3O4S. The van der Waals surface area contributed by atoms with Gasteiger partial charge in [-0.25, -0.2) is 8.42 Å². The molecule has 7 nitrogen and oxygen atoms in total. The summed E-state index contributed by atoms with van der Waals surface area (Å²) in [5.41, 5.74) is -1.10. The molecular weight excluding hydrogens is 555 g/mol. The Balaban J connectivity index is 2.03. The third-order valence-electron chi connectivity index (χ3n) is 6.22. The molecule has 2 amide bonds. The van der Waals surface area contributed by atoms with Crippen LogP contribution < -0.4 is 9.62 Å². The van der Waals surface area contributed by atoms with Crippen molar-refractivity contribution in [3.63, 3.8) is 0 Å². The van der Waals surface area contributed by atoms with Crippen molar-refractivity contribution in [1.29, 1.82) is 0 Å². The van der Waals surface area contributed by atoms with E-state index in [0.29, 0.717) is 16.8 Å². The van der Waals surface area contributed by atoms with Gasteiger partial charge in [0.15, 0.2) is 0 Å². The lowest BCUT2D eigenvalue weighted by atomic mass is 10.1. The fourth-order valence-corrected chi connectivity index (χ4v) is 5.56. The number of hydrogen-bond donors (Lipinski definition) is 1. The minimum absolute atomic E-state index is 0.0728. The Morgan fingerprint density at radius 2 is 1.46 bits per heavy atom. The first-order valence-electron chi connectivity index (χ1n) is 13.0. The first-order valence-corrected chi connectivity index (χ1v) is 14.4. The van der Waals surface area contributed by atoms with E-state index in [9.17, 15) is 31.2 Å². The number of rotatable bonds is 10. The zero-order chi connectivity index (χ0) is 30.4. The van der Waals surface area contributed by atoms with Crippen LogP contribution in [0.2, 0.25) is 0 Å². The van der Waals surface area contributed by atoms with Crippen molar-refractivity contribution in [2.24, 2.45) is 0 Å². The Kier molecular flexibility index (Phi) is 9.85. The molecule has 0 aliphatic heterocycles. The molecule has 0 aliphatic carbocycles. The molecule has 220 valence electrons. The molecule has 3 aromatic rings. The van der Waals surface area contributed by atoms with E-state index in [0.717, 1.165) is 17.7 Å². The van der Waals surface area contributed by atoms with Crippen molar-refractivity contribution < 1.29 is 31.2 Å². The summed E-state index contributed by atoms with van der Waals surface area (Å²) in [4.78, 5) is 28.0. The topological polar surface area (TPSA) is 86.8 Å². The molecule has 0 unspecified atom stereocenters. The van der Waals surface area contributed by atoms with Gasteiger partial charge in [-0.05, 0) is 70.0 Å². The standard InChI is InChI=1S/C30H34F3N3O4S/c1-22(28(38)34-29(2,3)4)35(19-18-23-12-7-5-8-13-23)27(37)21-36(41(39,40)26-16-9-6-10-17-26)25-15-11-14-24(20-25)30(31,32)33/h5-17,20,22H,18-19,21H2,1-4H3,(H,34,38)/t22-/m0/s1. The van der Waals surface area contributed by atoms with Gasteiger partial charge in [0.1, 0.15) is 12.6 Å². The van der Waals surface area contributed by atoms with E-state index in [-0.39, 0.29) is 17.1 Å². The Morgan fingerprint density at radius 3 is 2.02 bits per heavy atom. The molecule has 11 heteroatoms. The highest BCUT2D eigenvalue weighted by atomic mass is 32.2. The van der Waals surface area contributed by atoms with Crippen LogP contribution in [0.3, 0.4) is 0 Å². The van der Waals surface area contributed by atoms with E-state index in [2.05, 4.69) is 5.32 Å². The second-order valence-corrected chi connectivity index (χ2v) is 12.5. The van der Waals surface area contributed by atoms with Gasteiger partial charge >= 0.3 is 6.18 Å². The zero-order valence-corrected chi connectivity index (χ0v) is 24.2. The molecule has 0 bridgehead atoms. The van der Waals surface area contributed by atoms with Crippen LogP contribution in [-0.4, -0.2) is 49.8 Å². The predicted molar refractivity (Wildman–Crippen MR) is 152 cm³/mol. The van der Waals surface area contributed by atoms with Crippen LogP contribution in [0.25, 0.3) is 0 Å². The van der Waals surface area contributed by atoms with Gasteiger partial charge in [-0.1, -0.05) is 54.6 Å². The van der Waals surface area contributed by atoms with E-state index in [4.69, 9.17) is 0 Å². The van der Waals surface area contributed by atoms with Gasteiger partial charge < -0.3 is 10.2 Å². The summed E-state index contributed by atoms with van der Waals surface area (Å²) in [6.45, 7) is 6.15. The maximum absolute atomic E-state index is 13.8. The number of halogens is 3. The second kappa shape index (κ2) is 12.8. The van der Waals surface area contributed by atoms with E-state index >= 15 is 0 Å². The van der Waals surface area contributed by atoms with Crippen molar-refractivity contribution in [2.45, 2.75) is 56.8 Å². The Morgan fingerprint density at radius 1 is 0.878 bits per heavy atom. The average Bonchev–Trinajstić information content (AvgIpc) is 2.91. The molecule has 3 aromatic carbocycles. The van der Waals surface area contributed by atoms with Crippen molar-refractivity contribution >= 4 is 27.5 Å². The second-order valence-electron chi connectivity index (χ2n) is 10.6. The van der Waals surface area contributed by atoms with Crippen molar-refractivity contribution in [3.05, 3.63) is 96.1 Å².